The van der Waals surface area contributed by atoms with Crippen LogP contribution in [0.4, 0.5) is 0 Å². The van der Waals surface area contributed by atoms with E-state index < -0.39 is 0 Å². The molecule has 0 aliphatic carbocycles. The summed E-state index contributed by atoms with van der Waals surface area (Å²) in [6, 6.07) is 37.4. The van der Waals surface area contributed by atoms with Crippen LogP contribution in [0.2, 0.25) is 0 Å². The van der Waals surface area contributed by atoms with Crippen molar-refractivity contribution in [1.82, 2.24) is 9.97 Å². The van der Waals surface area contributed by atoms with E-state index in [0.717, 1.165) is 49.9 Å². The van der Waals surface area contributed by atoms with E-state index >= 15 is 0 Å². The molecule has 4 nitrogen and oxygen atoms in total. The molecule has 0 radical (unpaired) electrons. The molecular formula is C50H56N2O2. The van der Waals surface area contributed by atoms with Gasteiger partial charge in [-0.1, -0.05) is 130 Å². The molecule has 0 saturated heterocycles. The lowest BCUT2D eigenvalue weighted by Crippen LogP contribution is -1.93. The number of carbonyl (C=O) groups is 1. The first-order chi connectivity index (χ1) is 26.5. The minimum Gasteiger partial charge on any atom is -0.512 e. The Kier molecular flexibility index (Phi) is 14.6. The Morgan fingerprint density at radius 3 is 1.74 bits per heavy atom. The fourth-order valence-corrected chi connectivity index (χ4v) is 7.82. The molecule has 6 aromatic rings. The maximum Gasteiger partial charge on any atom is 0.155 e. The largest absolute Gasteiger partial charge is 0.512 e. The highest BCUT2D eigenvalue weighted by molar-refractivity contribution is 5.96. The van der Waals surface area contributed by atoms with Gasteiger partial charge in [0.2, 0.25) is 0 Å². The van der Waals surface area contributed by atoms with Gasteiger partial charge in [0.05, 0.1) is 17.1 Å². The molecule has 54 heavy (non-hydrogen) atoms. The molecule has 4 heteroatoms. The lowest BCUT2D eigenvalue weighted by atomic mass is 9.95. The van der Waals surface area contributed by atoms with E-state index in [-0.39, 0.29) is 11.5 Å². The molecule has 0 spiro atoms. The first kappa shape index (κ1) is 38.6. The van der Waals surface area contributed by atoms with Crippen LogP contribution in [-0.2, 0) is 24.1 Å². The third kappa shape index (κ3) is 11.2. The number of nitrogens with zero attached hydrogens (tertiary/aromatic N) is 2. The van der Waals surface area contributed by atoms with E-state index in [1.54, 1.807) is 0 Å². The highest BCUT2D eigenvalue weighted by Crippen LogP contribution is 2.31. The molecule has 2 heterocycles. The van der Waals surface area contributed by atoms with Crippen molar-refractivity contribution in [2.24, 2.45) is 0 Å². The number of aliphatic hydroxyl groups is 1. The third-order valence-electron chi connectivity index (χ3n) is 10.7. The van der Waals surface area contributed by atoms with E-state index in [4.69, 9.17) is 9.97 Å². The van der Waals surface area contributed by atoms with Crippen LogP contribution < -0.4 is 0 Å². The van der Waals surface area contributed by atoms with Gasteiger partial charge in [0.1, 0.15) is 0 Å². The van der Waals surface area contributed by atoms with Gasteiger partial charge in [-0.25, -0.2) is 0 Å². The van der Waals surface area contributed by atoms with Crippen molar-refractivity contribution < 1.29 is 9.90 Å². The summed E-state index contributed by atoms with van der Waals surface area (Å²) in [4.78, 5) is 20.7. The lowest BCUT2D eigenvalue weighted by molar-refractivity contribution is -0.112. The first-order valence-corrected chi connectivity index (χ1v) is 20.3. The van der Waals surface area contributed by atoms with Crippen LogP contribution in [0.15, 0.2) is 127 Å². The quantitative estimate of drug-likeness (QED) is 0.0457. The number of fused-ring (bicyclic) bond motifs is 2. The zero-order chi connectivity index (χ0) is 37.4. The molecule has 0 fully saturated rings. The van der Waals surface area contributed by atoms with Crippen molar-refractivity contribution in [3.8, 4) is 22.5 Å². The monoisotopic (exact) mass is 716 g/mol. The van der Waals surface area contributed by atoms with Crippen LogP contribution in [0.5, 0.6) is 0 Å². The van der Waals surface area contributed by atoms with E-state index in [0.29, 0.717) is 6.42 Å². The van der Waals surface area contributed by atoms with Gasteiger partial charge < -0.3 is 5.11 Å². The van der Waals surface area contributed by atoms with E-state index in [1.165, 1.54) is 120 Å². The number of aliphatic hydroxyl groups excluding tert-OH is 1. The molecule has 6 rings (SSSR count). The predicted octanol–water partition coefficient (Wildman–Crippen LogP) is 13.5. The molecule has 2 aromatic heterocycles. The Morgan fingerprint density at radius 1 is 0.537 bits per heavy atom. The maximum absolute atomic E-state index is 11.1. The van der Waals surface area contributed by atoms with Gasteiger partial charge >= 0.3 is 0 Å². The minimum atomic E-state index is -0.0913. The van der Waals surface area contributed by atoms with E-state index in [2.05, 4.69) is 103 Å². The number of pyridine rings is 2. The van der Waals surface area contributed by atoms with Crippen LogP contribution in [0.3, 0.4) is 0 Å². The van der Waals surface area contributed by atoms with Crippen LogP contribution in [0, 0.1) is 0 Å². The molecule has 0 atom stereocenters. The Labute approximate surface area is 322 Å². The number of carbonyl (C=O) groups excluding carboxylic acids is 1. The number of benzene rings is 4. The molecule has 0 aliphatic rings. The molecule has 0 saturated carbocycles. The normalized spacial score (nSPS) is 11.8. The number of unbranched alkanes of at least 4 members (excludes halogenated alkanes) is 10. The van der Waals surface area contributed by atoms with Crippen molar-refractivity contribution in [2.45, 2.75) is 110 Å². The first-order valence-electron chi connectivity index (χ1n) is 20.3. The van der Waals surface area contributed by atoms with Crippen molar-refractivity contribution in [2.75, 3.05) is 0 Å². The second-order valence-electron chi connectivity index (χ2n) is 14.9. The molecule has 4 aromatic carbocycles. The number of hydrogen-bond donors (Lipinski definition) is 1. The Balaban J connectivity index is 0.912. The van der Waals surface area contributed by atoms with Crippen LogP contribution in [0.25, 0.3) is 44.1 Å². The van der Waals surface area contributed by atoms with Crippen LogP contribution in [0.1, 0.15) is 107 Å². The Hall–Kier alpha value is -5.09. The number of allylic oxidation sites excluding steroid dienone is 2. The van der Waals surface area contributed by atoms with Crippen molar-refractivity contribution in [3.63, 3.8) is 0 Å². The second-order valence-corrected chi connectivity index (χ2v) is 14.9. The van der Waals surface area contributed by atoms with Crippen molar-refractivity contribution in [1.29, 1.82) is 0 Å². The van der Waals surface area contributed by atoms with Crippen molar-refractivity contribution >= 4 is 27.3 Å². The molecule has 0 unspecified atom stereocenters. The fourth-order valence-electron chi connectivity index (χ4n) is 7.82. The topological polar surface area (TPSA) is 63.1 Å². The predicted molar refractivity (Wildman–Crippen MR) is 227 cm³/mol. The fraction of sp³-hybridized carbons (Fsp3) is 0.340. The molecule has 278 valence electrons. The summed E-state index contributed by atoms with van der Waals surface area (Å²) in [5.41, 5.74) is 8.77. The summed E-state index contributed by atoms with van der Waals surface area (Å²) in [5, 5.41) is 14.8. The smallest absolute Gasteiger partial charge is 0.155 e. The van der Waals surface area contributed by atoms with Crippen LogP contribution in [-0.4, -0.2) is 20.9 Å². The number of rotatable bonds is 21. The molecular weight excluding hydrogens is 661 g/mol. The Bertz CT molecular complexity index is 2140. The summed E-state index contributed by atoms with van der Waals surface area (Å²) >= 11 is 0. The zero-order valence-electron chi connectivity index (χ0n) is 32.1. The maximum atomic E-state index is 11.1. The number of ketones is 1. The number of aryl methyl sites for hydroxylation is 3. The van der Waals surface area contributed by atoms with Crippen molar-refractivity contribution in [3.05, 3.63) is 144 Å². The van der Waals surface area contributed by atoms with Gasteiger partial charge in [-0.15, -0.1) is 0 Å². The lowest BCUT2D eigenvalue weighted by Gasteiger charge is -2.11. The average Bonchev–Trinajstić information content (AvgIpc) is 3.19. The second kappa shape index (κ2) is 20.4. The molecule has 0 amide bonds. The number of hydrogen-bond acceptors (Lipinski definition) is 4. The summed E-state index contributed by atoms with van der Waals surface area (Å²) in [5.74, 6) is 0.119. The highest BCUT2D eigenvalue weighted by Gasteiger charge is 2.10. The molecule has 1 N–H and O–H groups in total. The minimum absolute atomic E-state index is 0.0913. The standard InChI is InChI=1S/C50H56N2O2/c1-38(53)35-45(54)28-13-9-5-4-8-12-23-41-25-18-30-48-46(41)32-34-52-50(48)44-27-17-22-40(37-44)20-11-7-3-2-6-10-19-39-21-16-26-43(36-39)49-47-29-15-14-24-42(47)31-33-51-49/h14-18,21-22,24-27,29-37,54H,2-13,19-20,23,28H2,1H3. The van der Waals surface area contributed by atoms with E-state index in [1.807, 2.05) is 12.4 Å². The van der Waals surface area contributed by atoms with Gasteiger partial charge in [-0.2, -0.15) is 0 Å². The van der Waals surface area contributed by atoms with Gasteiger partial charge in [0.15, 0.2) is 5.78 Å². The van der Waals surface area contributed by atoms with E-state index in [9.17, 15) is 9.90 Å². The van der Waals surface area contributed by atoms with Gasteiger partial charge in [0.25, 0.3) is 0 Å². The highest BCUT2D eigenvalue weighted by atomic mass is 16.3. The van der Waals surface area contributed by atoms with Gasteiger partial charge in [0, 0.05) is 46.8 Å². The number of aromatic nitrogens is 2. The summed E-state index contributed by atoms with van der Waals surface area (Å²) in [7, 11) is 0. The molecule has 0 aliphatic heterocycles. The summed E-state index contributed by atoms with van der Waals surface area (Å²) in [6.07, 6.45) is 23.4. The Morgan fingerprint density at radius 2 is 1.07 bits per heavy atom. The van der Waals surface area contributed by atoms with Gasteiger partial charge in [-0.05, 0) is 104 Å². The SMILES string of the molecule is CC(=O)C=C(O)CCCCCCCCc1cccc2c(-c3cccc(CCCCCCCCc4cccc(-c5nccc6ccccc56)c4)c3)nccc12. The summed E-state index contributed by atoms with van der Waals surface area (Å²) in [6.45, 7) is 1.47. The van der Waals surface area contributed by atoms with Crippen LogP contribution >= 0.6 is 0 Å². The van der Waals surface area contributed by atoms with Gasteiger partial charge in [-0.3, -0.25) is 14.8 Å². The molecule has 0 bridgehead atoms. The average molecular weight is 717 g/mol. The third-order valence-corrected chi connectivity index (χ3v) is 10.7. The summed E-state index contributed by atoms with van der Waals surface area (Å²) < 4.78 is 0. The zero-order valence-corrected chi connectivity index (χ0v) is 32.1.